The van der Waals surface area contributed by atoms with Gasteiger partial charge in [0.1, 0.15) is 6.04 Å². The van der Waals surface area contributed by atoms with Crippen LogP contribution in [0.3, 0.4) is 0 Å². The SMILES string of the molecule is CC(=O)N[C@@H](C(=O)N1CCC[C@@H](n2ccnc2)C1)C1CCCC1. The fourth-order valence-corrected chi connectivity index (χ4v) is 3.97. The molecule has 1 saturated carbocycles. The first-order chi connectivity index (χ1) is 11.1. The van der Waals surface area contributed by atoms with Crippen molar-refractivity contribution in [3.8, 4) is 0 Å². The van der Waals surface area contributed by atoms with Gasteiger partial charge in [0, 0.05) is 32.4 Å². The molecule has 0 bridgehead atoms. The van der Waals surface area contributed by atoms with Gasteiger partial charge < -0.3 is 14.8 Å². The van der Waals surface area contributed by atoms with Gasteiger partial charge in [0.25, 0.3) is 0 Å². The van der Waals surface area contributed by atoms with Crippen LogP contribution in [0, 0.1) is 5.92 Å². The van der Waals surface area contributed by atoms with Gasteiger partial charge in [-0.05, 0) is 31.6 Å². The maximum Gasteiger partial charge on any atom is 0.245 e. The van der Waals surface area contributed by atoms with Crippen molar-refractivity contribution in [1.29, 1.82) is 0 Å². The number of nitrogens with one attached hydrogen (secondary N) is 1. The summed E-state index contributed by atoms with van der Waals surface area (Å²) in [7, 11) is 0. The molecule has 1 aromatic heterocycles. The smallest absolute Gasteiger partial charge is 0.245 e. The molecule has 1 saturated heterocycles. The zero-order valence-electron chi connectivity index (χ0n) is 13.8. The maximum absolute atomic E-state index is 13.0. The molecular formula is C17H26N4O2. The number of hydrogen-bond donors (Lipinski definition) is 1. The van der Waals surface area contributed by atoms with Crippen molar-refractivity contribution in [2.75, 3.05) is 13.1 Å². The monoisotopic (exact) mass is 318 g/mol. The highest BCUT2D eigenvalue weighted by Crippen LogP contribution is 2.30. The topological polar surface area (TPSA) is 67.2 Å². The number of aromatic nitrogens is 2. The number of piperidine rings is 1. The Morgan fingerprint density at radius 2 is 2.00 bits per heavy atom. The summed E-state index contributed by atoms with van der Waals surface area (Å²) in [5.74, 6) is 0.273. The third-order valence-electron chi connectivity index (χ3n) is 5.15. The molecular weight excluding hydrogens is 292 g/mol. The van der Waals surface area contributed by atoms with Gasteiger partial charge in [-0.25, -0.2) is 4.98 Å². The van der Waals surface area contributed by atoms with Crippen molar-refractivity contribution in [1.82, 2.24) is 19.8 Å². The van der Waals surface area contributed by atoms with Crippen molar-refractivity contribution in [3.63, 3.8) is 0 Å². The highest BCUT2D eigenvalue weighted by molar-refractivity contribution is 5.87. The van der Waals surface area contributed by atoms with Crippen LogP contribution in [0.4, 0.5) is 0 Å². The number of nitrogens with zero attached hydrogens (tertiary/aromatic N) is 3. The van der Waals surface area contributed by atoms with E-state index in [2.05, 4.69) is 14.9 Å². The predicted molar refractivity (Wildman–Crippen MR) is 86.6 cm³/mol. The second kappa shape index (κ2) is 7.15. The molecule has 1 aliphatic carbocycles. The van der Waals surface area contributed by atoms with E-state index in [1.807, 2.05) is 17.4 Å². The minimum Gasteiger partial charge on any atom is -0.344 e. The lowest BCUT2D eigenvalue weighted by atomic mass is 9.95. The normalized spacial score (nSPS) is 23.7. The lowest BCUT2D eigenvalue weighted by Crippen LogP contribution is -2.53. The highest BCUT2D eigenvalue weighted by atomic mass is 16.2. The standard InChI is InChI=1S/C17H26N4O2/c1-13(22)19-16(14-5-2-3-6-14)17(23)20-9-4-7-15(11-20)21-10-8-18-12-21/h8,10,12,14-16H,2-7,9,11H2,1H3,(H,19,22)/t15-,16-/m1/s1. The average Bonchev–Trinajstić information content (AvgIpc) is 3.25. The molecule has 2 heterocycles. The Morgan fingerprint density at radius 1 is 1.22 bits per heavy atom. The Hall–Kier alpha value is -1.85. The summed E-state index contributed by atoms with van der Waals surface area (Å²) in [6, 6.07) is -0.0618. The van der Waals surface area contributed by atoms with Crippen molar-refractivity contribution >= 4 is 11.8 Å². The van der Waals surface area contributed by atoms with E-state index in [1.165, 1.54) is 6.92 Å². The Bertz CT molecular complexity index is 537. The lowest BCUT2D eigenvalue weighted by Gasteiger charge is -2.36. The first-order valence-corrected chi connectivity index (χ1v) is 8.68. The summed E-state index contributed by atoms with van der Waals surface area (Å²) >= 11 is 0. The van der Waals surface area contributed by atoms with Gasteiger partial charge in [0.05, 0.1) is 12.4 Å². The van der Waals surface area contributed by atoms with Gasteiger partial charge >= 0.3 is 0 Å². The van der Waals surface area contributed by atoms with E-state index in [1.54, 1.807) is 6.20 Å². The highest BCUT2D eigenvalue weighted by Gasteiger charge is 2.35. The van der Waals surface area contributed by atoms with Gasteiger partial charge in [-0.2, -0.15) is 0 Å². The third kappa shape index (κ3) is 3.74. The molecule has 0 aromatic carbocycles. The van der Waals surface area contributed by atoms with Crippen LogP contribution in [-0.4, -0.2) is 45.4 Å². The largest absolute Gasteiger partial charge is 0.344 e. The number of rotatable bonds is 4. The molecule has 0 radical (unpaired) electrons. The van der Waals surface area contributed by atoms with Gasteiger partial charge in [0.15, 0.2) is 0 Å². The number of carbonyl (C=O) groups is 2. The molecule has 2 aliphatic rings. The van der Waals surface area contributed by atoms with Gasteiger partial charge in [0.2, 0.25) is 11.8 Å². The molecule has 1 aliphatic heterocycles. The quantitative estimate of drug-likeness (QED) is 0.919. The van der Waals surface area contributed by atoms with Crippen LogP contribution in [-0.2, 0) is 9.59 Å². The van der Waals surface area contributed by atoms with Crippen LogP contribution in [0.5, 0.6) is 0 Å². The second-order valence-corrected chi connectivity index (χ2v) is 6.81. The molecule has 2 amide bonds. The van der Waals surface area contributed by atoms with E-state index in [4.69, 9.17) is 0 Å². The second-order valence-electron chi connectivity index (χ2n) is 6.81. The van der Waals surface area contributed by atoms with Gasteiger partial charge in [-0.3, -0.25) is 9.59 Å². The number of amides is 2. The molecule has 1 aromatic rings. The number of hydrogen-bond acceptors (Lipinski definition) is 3. The predicted octanol–water partition coefficient (Wildman–Crippen LogP) is 1.74. The van der Waals surface area contributed by atoms with E-state index < -0.39 is 0 Å². The zero-order chi connectivity index (χ0) is 16.2. The van der Waals surface area contributed by atoms with Crippen molar-refractivity contribution in [2.24, 2.45) is 5.92 Å². The van der Waals surface area contributed by atoms with Crippen LogP contribution in [0.1, 0.15) is 51.5 Å². The molecule has 23 heavy (non-hydrogen) atoms. The Morgan fingerprint density at radius 3 is 2.65 bits per heavy atom. The Labute approximate surface area is 137 Å². The summed E-state index contributed by atoms with van der Waals surface area (Å²) in [5.41, 5.74) is 0. The molecule has 2 atom stereocenters. The first kappa shape index (κ1) is 16.0. The van der Waals surface area contributed by atoms with Crippen LogP contribution < -0.4 is 5.32 Å². The summed E-state index contributed by atoms with van der Waals surface area (Å²) in [6.07, 6.45) is 12.0. The minimum atomic E-state index is -0.350. The molecule has 0 spiro atoms. The Kier molecular flexibility index (Phi) is 4.98. The minimum absolute atomic E-state index is 0.0944. The number of imidazole rings is 1. The van der Waals surface area contributed by atoms with Crippen LogP contribution in [0.2, 0.25) is 0 Å². The molecule has 6 nitrogen and oxygen atoms in total. The molecule has 126 valence electrons. The van der Waals surface area contributed by atoms with Crippen molar-refractivity contribution in [2.45, 2.75) is 57.5 Å². The zero-order valence-corrected chi connectivity index (χ0v) is 13.8. The lowest BCUT2D eigenvalue weighted by molar-refractivity contribution is -0.139. The summed E-state index contributed by atoms with van der Waals surface area (Å²) in [6.45, 7) is 2.99. The molecule has 1 N–H and O–H groups in total. The summed E-state index contributed by atoms with van der Waals surface area (Å²) in [4.78, 5) is 30.6. The molecule has 6 heteroatoms. The van der Waals surface area contributed by atoms with Crippen molar-refractivity contribution in [3.05, 3.63) is 18.7 Å². The summed E-state index contributed by atoms with van der Waals surface area (Å²) in [5, 5.41) is 2.92. The molecule has 2 fully saturated rings. The fraction of sp³-hybridized carbons (Fsp3) is 0.706. The summed E-state index contributed by atoms with van der Waals surface area (Å²) < 4.78 is 2.09. The average molecular weight is 318 g/mol. The Balaban J connectivity index is 1.69. The number of carbonyl (C=O) groups excluding carboxylic acids is 2. The first-order valence-electron chi connectivity index (χ1n) is 8.68. The fourth-order valence-electron chi connectivity index (χ4n) is 3.97. The van der Waals surface area contributed by atoms with Crippen LogP contribution in [0.15, 0.2) is 18.7 Å². The van der Waals surface area contributed by atoms with Gasteiger partial charge in [-0.1, -0.05) is 12.8 Å². The molecule has 3 rings (SSSR count). The van der Waals surface area contributed by atoms with Crippen molar-refractivity contribution < 1.29 is 9.59 Å². The van der Waals surface area contributed by atoms with E-state index in [-0.39, 0.29) is 23.9 Å². The maximum atomic E-state index is 13.0. The van der Waals surface area contributed by atoms with E-state index in [0.717, 1.165) is 45.1 Å². The molecule has 0 unspecified atom stereocenters. The van der Waals surface area contributed by atoms with E-state index >= 15 is 0 Å². The van der Waals surface area contributed by atoms with Crippen LogP contribution in [0.25, 0.3) is 0 Å². The number of likely N-dealkylation sites (tertiary alicyclic amines) is 1. The van der Waals surface area contributed by atoms with Gasteiger partial charge in [-0.15, -0.1) is 0 Å². The van der Waals surface area contributed by atoms with E-state index in [0.29, 0.717) is 12.5 Å². The van der Waals surface area contributed by atoms with E-state index in [9.17, 15) is 9.59 Å². The third-order valence-corrected chi connectivity index (χ3v) is 5.15. The van der Waals surface area contributed by atoms with Crippen LogP contribution >= 0.6 is 0 Å².